The molecule has 4 atom stereocenters. The molecule has 0 saturated heterocycles. The van der Waals surface area contributed by atoms with Gasteiger partial charge in [-0.1, -0.05) is 38.1 Å². The molecule has 1 aliphatic rings. The van der Waals surface area contributed by atoms with Crippen molar-refractivity contribution < 1.29 is 5.11 Å². The largest absolute Gasteiger partial charge is 0.392 e. The summed E-state index contributed by atoms with van der Waals surface area (Å²) in [6.45, 7) is 7.13. The van der Waals surface area contributed by atoms with Crippen molar-refractivity contribution >= 4 is 11.8 Å². The number of aliphatic hydroxyl groups excluding tert-OH is 1. The Morgan fingerprint density at radius 1 is 1.39 bits per heavy atom. The molecule has 0 saturated carbocycles. The number of benzene rings is 1. The van der Waals surface area contributed by atoms with E-state index in [1.165, 1.54) is 11.1 Å². The maximum Gasteiger partial charge on any atom is 0.0628 e. The second-order valence-electron chi connectivity index (χ2n) is 5.06. The number of aliphatic hydroxyl groups is 1. The number of nitrogens with one attached hydrogen (secondary N) is 1. The van der Waals surface area contributed by atoms with Crippen molar-refractivity contribution in [2.24, 2.45) is 0 Å². The molecule has 3 heteroatoms. The van der Waals surface area contributed by atoms with Crippen LogP contribution in [-0.4, -0.2) is 28.3 Å². The van der Waals surface area contributed by atoms with Crippen molar-refractivity contribution in [3.05, 3.63) is 35.4 Å². The highest BCUT2D eigenvalue weighted by Crippen LogP contribution is 2.40. The Kier molecular flexibility index (Phi) is 4.71. The average molecular weight is 265 g/mol. The van der Waals surface area contributed by atoms with E-state index < -0.39 is 0 Å². The number of thioether (sulfide) groups is 1. The highest BCUT2D eigenvalue weighted by molar-refractivity contribution is 8.00. The summed E-state index contributed by atoms with van der Waals surface area (Å²) in [5.41, 5.74) is 2.90. The third kappa shape index (κ3) is 2.90. The second-order valence-corrected chi connectivity index (χ2v) is 6.68. The normalized spacial score (nSPS) is 25.8. The minimum atomic E-state index is -0.249. The Labute approximate surface area is 114 Å². The molecular weight excluding hydrogens is 242 g/mol. The Bertz CT molecular complexity index is 394. The number of rotatable bonds is 5. The van der Waals surface area contributed by atoms with Gasteiger partial charge in [0.25, 0.3) is 0 Å². The fourth-order valence-electron chi connectivity index (χ4n) is 2.54. The van der Waals surface area contributed by atoms with Crippen molar-refractivity contribution in [1.29, 1.82) is 0 Å². The molecule has 0 aliphatic heterocycles. The lowest BCUT2D eigenvalue weighted by Gasteiger charge is -2.25. The molecule has 0 amide bonds. The second kappa shape index (κ2) is 6.09. The van der Waals surface area contributed by atoms with Crippen LogP contribution in [0.1, 0.15) is 37.9 Å². The highest BCUT2D eigenvalue weighted by Gasteiger charge is 2.33. The van der Waals surface area contributed by atoms with E-state index in [2.05, 4.69) is 43.4 Å². The molecule has 2 rings (SSSR count). The maximum absolute atomic E-state index is 9.67. The van der Waals surface area contributed by atoms with Gasteiger partial charge in [0.05, 0.1) is 6.10 Å². The minimum absolute atomic E-state index is 0.249. The lowest BCUT2D eigenvalue weighted by molar-refractivity contribution is 0.196. The van der Waals surface area contributed by atoms with Gasteiger partial charge < -0.3 is 10.4 Å². The molecule has 100 valence electrons. The van der Waals surface area contributed by atoms with Crippen LogP contribution in [-0.2, 0) is 6.42 Å². The van der Waals surface area contributed by atoms with Gasteiger partial charge in [0.2, 0.25) is 0 Å². The predicted octanol–water partition coefficient (Wildman–Crippen LogP) is 2.76. The molecule has 18 heavy (non-hydrogen) atoms. The van der Waals surface area contributed by atoms with Crippen molar-refractivity contribution in [3.8, 4) is 0 Å². The van der Waals surface area contributed by atoms with Crippen molar-refractivity contribution in [2.75, 3.05) is 6.54 Å². The monoisotopic (exact) mass is 265 g/mol. The van der Waals surface area contributed by atoms with E-state index in [9.17, 15) is 5.11 Å². The fourth-order valence-corrected chi connectivity index (χ4v) is 3.99. The van der Waals surface area contributed by atoms with Gasteiger partial charge in [-0.05, 0) is 31.0 Å². The molecule has 2 N–H and O–H groups in total. The summed E-state index contributed by atoms with van der Waals surface area (Å²) >= 11 is 1.91. The van der Waals surface area contributed by atoms with Crippen LogP contribution >= 0.6 is 11.8 Å². The Hall–Kier alpha value is -0.510. The first-order valence-electron chi connectivity index (χ1n) is 6.78. The zero-order valence-corrected chi connectivity index (χ0v) is 12.2. The minimum Gasteiger partial charge on any atom is -0.392 e. The molecule has 2 nitrogen and oxygen atoms in total. The summed E-state index contributed by atoms with van der Waals surface area (Å²) in [6, 6.07) is 9.13. The van der Waals surface area contributed by atoms with E-state index >= 15 is 0 Å². The molecule has 0 radical (unpaired) electrons. The summed E-state index contributed by atoms with van der Waals surface area (Å²) in [5, 5.41) is 14.1. The van der Waals surface area contributed by atoms with Crippen LogP contribution in [0.3, 0.4) is 0 Å². The van der Waals surface area contributed by atoms with Gasteiger partial charge in [0, 0.05) is 16.5 Å². The topological polar surface area (TPSA) is 32.3 Å². The summed E-state index contributed by atoms with van der Waals surface area (Å²) in [4.78, 5) is 0. The lowest BCUT2D eigenvalue weighted by Crippen LogP contribution is -2.29. The van der Waals surface area contributed by atoms with Crippen LogP contribution in [0.15, 0.2) is 24.3 Å². The number of hydrogen-bond acceptors (Lipinski definition) is 3. The lowest BCUT2D eigenvalue weighted by atomic mass is 10.1. The van der Waals surface area contributed by atoms with Gasteiger partial charge in [0.15, 0.2) is 0 Å². The average Bonchev–Trinajstić information content (AvgIpc) is 2.68. The molecule has 0 aromatic heterocycles. The Morgan fingerprint density at radius 3 is 2.78 bits per heavy atom. The van der Waals surface area contributed by atoms with Crippen LogP contribution in [0.4, 0.5) is 0 Å². The number of fused-ring (bicyclic) bond motifs is 1. The van der Waals surface area contributed by atoms with E-state index in [0.29, 0.717) is 11.3 Å². The van der Waals surface area contributed by atoms with E-state index in [1.54, 1.807) is 0 Å². The first-order chi connectivity index (χ1) is 8.63. The standard InChI is InChI=1S/C15H23NOS/c1-4-16-15-13-8-6-5-7-12(13)9-14(15)18-11(3)10(2)17/h5-8,10-11,14-17H,4,9H2,1-3H3. The number of hydrogen-bond donors (Lipinski definition) is 2. The summed E-state index contributed by atoms with van der Waals surface area (Å²) in [6.07, 6.45) is 0.858. The van der Waals surface area contributed by atoms with Crippen LogP contribution in [0.25, 0.3) is 0 Å². The van der Waals surface area contributed by atoms with E-state index in [0.717, 1.165) is 13.0 Å². The zero-order valence-electron chi connectivity index (χ0n) is 11.4. The van der Waals surface area contributed by atoms with E-state index in [4.69, 9.17) is 0 Å². The maximum atomic E-state index is 9.67. The molecule has 0 heterocycles. The zero-order chi connectivity index (χ0) is 13.1. The summed E-state index contributed by atoms with van der Waals surface area (Å²) in [7, 11) is 0. The third-order valence-electron chi connectivity index (χ3n) is 3.68. The Morgan fingerprint density at radius 2 is 2.11 bits per heavy atom. The molecule has 0 bridgehead atoms. The van der Waals surface area contributed by atoms with Gasteiger partial charge >= 0.3 is 0 Å². The van der Waals surface area contributed by atoms with E-state index in [-0.39, 0.29) is 11.4 Å². The molecule has 0 spiro atoms. The molecule has 4 unspecified atom stereocenters. The molecule has 1 aromatic carbocycles. The van der Waals surface area contributed by atoms with Gasteiger partial charge in [-0.2, -0.15) is 11.8 Å². The first kappa shape index (κ1) is 13.9. The molecular formula is C15H23NOS. The van der Waals surface area contributed by atoms with Gasteiger partial charge in [-0.25, -0.2) is 0 Å². The van der Waals surface area contributed by atoms with Crippen LogP contribution in [0.2, 0.25) is 0 Å². The fraction of sp³-hybridized carbons (Fsp3) is 0.600. The van der Waals surface area contributed by atoms with Crippen LogP contribution < -0.4 is 5.32 Å². The highest BCUT2D eigenvalue weighted by atomic mass is 32.2. The quantitative estimate of drug-likeness (QED) is 0.858. The smallest absolute Gasteiger partial charge is 0.0628 e. The van der Waals surface area contributed by atoms with E-state index in [1.807, 2.05) is 18.7 Å². The van der Waals surface area contributed by atoms with Crippen LogP contribution in [0, 0.1) is 0 Å². The predicted molar refractivity (Wildman–Crippen MR) is 79.1 cm³/mol. The van der Waals surface area contributed by atoms with Crippen molar-refractivity contribution in [2.45, 2.75) is 49.8 Å². The SMILES string of the molecule is CCNC1c2ccccc2CC1SC(C)C(C)O. The molecule has 1 aromatic rings. The van der Waals surface area contributed by atoms with Gasteiger partial charge in [0.1, 0.15) is 0 Å². The van der Waals surface area contributed by atoms with Crippen LogP contribution in [0.5, 0.6) is 0 Å². The Balaban J connectivity index is 2.13. The van der Waals surface area contributed by atoms with Gasteiger partial charge in [-0.15, -0.1) is 0 Å². The van der Waals surface area contributed by atoms with Crippen molar-refractivity contribution in [1.82, 2.24) is 5.32 Å². The summed E-state index contributed by atoms with van der Waals surface area (Å²) < 4.78 is 0. The molecule has 1 aliphatic carbocycles. The summed E-state index contributed by atoms with van der Waals surface area (Å²) in [5.74, 6) is 0. The third-order valence-corrected chi connectivity index (χ3v) is 5.29. The van der Waals surface area contributed by atoms with Crippen molar-refractivity contribution in [3.63, 3.8) is 0 Å². The van der Waals surface area contributed by atoms with Gasteiger partial charge in [-0.3, -0.25) is 0 Å². The molecule has 0 fully saturated rings. The first-order valence-corrected chi connectivity index (χ1v) is 7.72.